The molecular weight excluding hydrogens is 314 g/mol. The van der Waals surface area contributed by atoms with Crippen molar-refractivity contribution < 1.29 is 22.0 Å². The van der Waals surface area contributed by atoms with Crippen LogP contribution >= 0.6 is 0 Å². The molecule has 0 aromatic heterocycles. The number of hydrogen-bond donors (Lipinski definition) is 2. The second-order valence-electron chi connectivity index (χ2n) is 4.47. The molecule has 116 valence electrons. The summed E-state index contributed by atoms with van der Waals surface area (Å²) in [6.07, 6.45) is 0.929. The third kappa shape index (κ3) is 3.79. The molecular formula is C14H12F2N2O3S. The van der Waals surface area contributed by atoms with Gasteiger partial charge in [0.2, 0.25) is 10.0 Å². The molecule has 22 heavy (non-hydrogen) atoms. The van der Waals surface area contributed by atoms with Crippen LogP contribution in [0.25, 0.3) is 0 Å². The number of rotatable bonds is 4. The first kappa shape index (κ1) is 15.9. The Hall–Kier alpha value is -2.48. The highest BCUT2D eigenvalue weighted by atomic mass is 32.2. The van der Waals surface area contributed by atoms with Gasteiger partial charge in [-0.05, 0) is 24.3 Å². The van der Waals surface area contributed by atoms with Crippen LogP contribution in [0.2, 0.25) is 0 Å². The summed E-state index contributed by atoms with van der Waals surface area (Å²) in [5, 5.41) is 2.10. The van der Waals surface area contributed by atoms with Crippen molar-refractivity contribution in [2.75, 3.05) is 16.3 Å². The average Bonchev–Trinajstić information content (AvgIpc) is 2.41. The van der Waals surface area contributed by atoms with E-state index < -0.39 is 33.3 Å². The van der Waals surface area contributed by atoms with Gasteiger partial charge in [0.05, 0.1) is 17.5 Å². The molecule has 0 aliphatic heterocycles. The zero-order valence-corrected chi connectivity index (χ0v) is 12.2. The van der Waals surface area contributed by atoms with Crippen LogP contribution in [-0.2, 0) is 10.0 Å². The summed E-state index contributed by atoms with van der Waals surface area (Å²) in [5.74, 6) is -2.69. The molecule has 0 saturated heterocycles. The molecule has 2 N–H and O–H groups in total. The fourth-order valence-corrected chi connectivity index (χ4v) is 2.35. The van der Waals surface area contributed by atoms with Gasteiger partial charge in [0.15, 0.2) is 0 Å². The van der Waals surface area contributed by atoms with E-state index in [4.69, 9.17) is 0 Å². The molecule has 0 spiro atoms. The largest absolute Gasteiger partial charge is 0.317 e. The Morgan fingerprint density at radius 2 is 1.59 bits per heavy atom. The highest BCUT2D eigenvalue weighted by molar-refractivity contribution is 7.92. The maximum absolute atomic E-state index is 13.5. The molecule has 0 aliphatic rings. The fourth-order valence-electron chi connectivity index (χ4n) is 1.77. The average molecular weight is 326 g/mol. The van der Waals surface area contributed by atoms with Gasteiger partial charge in [-0.2, -0.15) is 0 Å². The SMILES string of the molecule is CS(=O)(=O)Nc1ccccc1C(=O)Nc1c(F)cccc1F. The minimum absolute atomic E-state index is 0.0132. The van der Waals surface area contributed by atoms with E-state index in [0.717, 1.165) is 18.4 Å². The number of hydrogen-bond acceptors (Lipinski definition) is 3. The van der Waals surface area contributed by atoms with Crippen LogP contribution in [-0.4, -0.2) is 20.6 Å². The molecule has 0 radical (unpaired) electrons. The summed E-state index contributed by atoms with van der Waals surface area (Å²) in [6, 6.07) is 8.89. The predicted molar refractivity (Wildman–Crippen MR) is 79.2 cm³/mol. The standard InChI is InChI=1S/C14H12F2N2O3S/c1-22(20,21)18-12-8-3-2-5-9(12)14(19)17-13-10(15)6-4-7-11(13)16/h2-8,18H,1H3,(H,17,19). The van der Waals surface area contributed by atoms with Crippen LogP contribution in [0.15, 0.2) is 42.5 Å². The van der Waals surface area contributed by atoms with E-state index in [2.05, 4.69) is 10.0 Å². The van der Waals surface area contributed by atoms with Gasteiger partial charge in [-0.1, -0.05) is 18.2 Å². The van der Waals surface area contributed by atoms with E-state index in [1.54, 1.807) is 0 Å². The first-order valence-electron chi connectivity index (χ1n) is 6.10. The monoisotopic (exact) mass is 326 g/mol. The molecule has 5 nitrogen and oxygen atoms in total. The van der Waals surface area contributed by atoms with E-state index in [1.807, 2.05) is 0 Å². The molecule has 0 saturated carbocycles. The number of anilines is 2. The van der Waals surface area contributed by atoms with Gasteiger partial charge in [-0.15, -0.1) is 0 Å². The van der Waals surface area contributed by atoms with Gasteiger partial charge in [-0.3, -0.25) is 9.52 Å². The molecule has 2 aromatic carbocycles. The Bertz CT molecular complexity index is 802. The lowest BCUT2D eigenvalue weighted by Gasteiger charge is -2.11. The summed E-state index contributed by atoms with van der Waals surface area (Å²) in [6.45, 7) is 0. The van der Waals surface area contributed by atoms with E-state index in [-0.39, 0.29) is 11.3 Å². The van der Waals surface area contributed by atoms with Crippen molar-refractivity contribution in [3.8, 4) is 0 Å². The first-order chi connectivity index (χ1) is 10.3. The third-order valence-corrected chi connectivity index (χ3v) is 3.26. The van der Waals surface area contributed by atoms with Gasteiger partial charge in [0.1, 0.15) is 17.3 Å². The van der Waals surface area contributed by atoms with Crippen molar-refractivity contribution >= 4 is 27.3 Å². The van der Waals surface area contributed by atoms with Crippen LogP contribution in [0.4, 0.5) is 20.2 Å². The Morgan fingerprint density at radius 3 is 2.18 bits per heavy atom. The molecule has 0 bridgehead atoms. The van der Waals surface area contributed by atoms with Crippen molar-refractivity contribution in [3.63, 3.8) is 0 Å². The molecule has 8 heteroatoms. The Balaban J connectivity index is 2.35. The molecule has 0 fully saturated rings. The molecule has 0 aliphatic carbocycles. The van der Waals surface area contributed by atoms with Crippen LogP contribution < -0.4 is 10.0 Å². The number of halogens is 2. The zero-order chi connectivity index (χ0) is 16.3. The van der Waals surface area contributed by atoms with E-state index in [9.17, 15) is 22.0 Å². The number of nitrogens with one attached hydrogen (secondary N) is 2. The molecule has 0 unspecified atom stereocenters. The lowest BCUT2D eigenvalue weighted by Crippen LogP contribution is -2.18. The minimum atomic E-state index is -3.60. The summed E-state index contributed by atoms with van der Waals surface area (Å²) in [7, 11) is -3.60. The van der Waals surface area contributed by atoms with Crippen LogP contribution in [0.3, 0.4) is 0 Å². The Morgan fingerprint density at radius 1 is 1.00 bits per heavy atom. The van der Waals surface area contributed by atoms with E-state index in [1.165, 1.54) is 30.3 Å². The number of benzene rings is 2. The number of sulfonamides is 1. The van der Waals surface area contributed by atoms with Crippen molar-refractivity contribution in [2.45, 2.75) is 0 Å². The highest BCUT2D eigenvalue weighted by Gasteiger charge is 2.17. The minimum Gasteiger partial charge on any atom is -0.317 e. The lowest BCUT2D eigenvalue weighted by atomic mass is 10.1. The highest BCUT2D eigenvalue weighted by Crippen LogP contribution is 2.22. The molecule has 0 heterocycles. The summed E-state index contributed by atoms with van der Waals surface area (Å²) in [4.78, 5) is 12.1. The molecule has 2 rings (SSSR count). The van der Waals surface area contributed by atoms with Gasteiger partial charge in [0, 0.05) is 0 Å². The van der Waals surface area contributed by atoms with Crippen LogP contribution in [0.1, 0.15) is 10.4 Å². The quantitative estimate of drug-likeness (QED) is 0.907. The fraction of sp³-hybridized carbons (Fsp3) is 0.0714. The van der Waals surface area contributed by atoms with Crippen molar-refractivity contribution in [2.24, 2.45) is 0 Å². The van der Waals surface area contributed by atoms with E-state index >= 15 is 0 Å². The number of carbonyl (C=O) groups excluding carboxylic acids is 1. The summed E-state index contributed by atoms with van der Waals surface area (Å²) >= 11 is 0. The second kappa shape index (κ2) is 6.10. The molecule has 1 amide bonds. The lowest BCUT2D eigenvalue weighted by molar-refractivity contribution is 0.102. The molecule has 2 aromatic rings. The number of amides is 1. The van der Waals surface area contributed by atoms with E-state index in [0.29, 0.717) is 0 Å². The second-order valence-corrected chi connectivity index (χ2v) is 6.22. The number of carbonyl (C=O) groups is 1. The summed E-state index contributed by atoms with van der Waals surface area (Å²) < 4.78 is 51.8. The summed E-state index contributed by atoms with van der Waals surface area (Å²) in [5.41, 5.74) is -0.642. The van der Waals surface area contributed by atoms with Crippen LogP contribution in [0, 0.1) is 11.6 Å². The predicted octanol–water partition coefficient (Wildman–Crippen LogP) is 2.59. The van der Waals surface area contributed by atoms with Crippen LogP contribution in [0.5, 0.6) is 0 Å². The Labute approximate surface area is 126 Å². The smallest absolute Gasteiger partial charge is 0.257 e. The number of para-hydroxylation sites is 2. The first-order valence-corrected chi connectivity index (χ1v) is 7.99. The van der Waals surface area contributed by atoms with Gasteiger partial charge < -0.3 is 5.32 Å². The van der Waals surface area contributed by atoms with Crippen molar-refractivity contribution in [3.05, 3.63) is 59.7 Å². The topological polar surface area (TPSA) is 75.3 Å². The zero-order valence-electron chi connectivity index (χ0n) is 11.4. The normalized spacial score (nSPS) is 11.0. The van der Waals surface area contributed by atoms with Crippen molar-refractivity contribution in [1.29, 1.82) is 0 Å². The maximum Gasteiger partial charge on any atom is 0.257 e. The third-order valence-electron chi connectivity index (χ3n) is 2.67. The van der Waals surface area contributed by atoms with Gasteiger partial charge in [-0.25, -0.2) is 17.2 Å². The van der Waals surface area contributed by atoms with Crippen molar-refractivity contribution in [1.82, 2.24) is 0 Å². The maximum atomic E-state index is 13.5. The van der Waals surface area contributed by atoms with Gasteiger partial charge >= 0.3 is 0 Å². The van der Waals surface area contributed by atoms with Gasteiger partial charge in [0.25, 0.3) is 5.91 Å². The Kier molecular flexibility index (Phi) is 4.41. The molecule has 0 atom stereocenters.